The molecule has 0 bridgehead atoms. The molecule has 1 atom stereocenters. The molecule has 144 valence electrons. The Bertz CT molecular complexity index is 1010. The van der Waals surface area contributed by atoms with E-state index in [0.717, 1.165) is 11.3 Å². The van der Waals surface area contributed by atoms with Crippen molar-refractivity contribution in [2.75, 3.05) is 16.8 Å². The van der Waals surface area contributed by atoms with Gasteiger partial charge in [0.15, 0.2) is 9.84 Å². The first-order valence-corrected chi connectivity index (χ1v) is 10.4. The third kappa shape index (κ3) is 4.02. The van der Waals surface area contributed by atoms with Crippen molar-refractivity contribution in [3.63, 3.8) is 0 Å². The topological polar surface area (TPSA) is 124 Å². The summed E-state index contributed by atoms with van der Waals surface area (Å²) in [6.45, 7) is 3.64. The van der Waals surface area contributed by atoms with Crippen molar-refractivity contribution in [1.29, 1.82) is 0 Å². The molecule has 1 aromatic heterocycles. The fourth-order valence-corrected chi connectivity index (χ4v) is 5.13. The van der Waals surface area contributed by atoms with Crippen LogP contribution >= 0.6 is 0 Å². The Morgan fingerprint density at radius 3 is 2.63 bits per heavy atom. The van der Waals surface area contributed by atoms with Crippen LogP contribution < -0.4 is 11.1 Å². The average molecular weight is 390 g/mol. The molecule has 0 aliphatic carbocycles. The number of carbonyl (C=O) groups is 2. The summed E-state index contributed by atoms with van der Waals surface area (Å²) < 4.78 is 25.2. The number of benzene rings is 1. The Labute approximate surface area is 157 Å². The van der Waals surface area contributed by atoms with Gasteiger partial charge >= 0.3 is 0 Å². The summed E-state index contributed by atoms with van der Waals surface area (Å²) in [5, 5.41) is 7.18. The molecule has 3 N–H and O–H groups in total. The Hall–Kier alpha value is -2.68. The number of aryl methyl sites for hydroxylation is 1. The monoisotopic (exact) mass is 390 g/mol. The van der Waals surface area contributed by atoms with Crippen molar-refractivity contribution < 1.29 is 18.0 Å². The summed E-state index contributed by atoms with van der Waals surface area (Å²) in [5.41, 5.74) is 8.17. The van der Waals surface area contributed by atoms with Gasteiger partial charge in [-0.2, -0.15) is 5.10 Å². The molecule has 0 unspecified atom stereocenters. The predicted molar refractivity (Wildman–Crippen MR) is 101 cm³/mol. The summed E-state index contributed by atoms with van der Waals surface area (Å²) in [5.74, 6) is -0.676. The number of aromatic nitrogens is 2. The minimum atomic E-state index is -3.02. The van der Waals surface area contributed by atoms with Gasteiger partial charge in [0.1, 0.15) is 0 Å². The number of hydrogen-bond acceptors (Lipinski definition) is 5. The summed E-state index contributed by atoms with van der Waals surface area (Å²) in [7, 11) is -3.02. The first-order chi connectivity index (χ1) is 12.7. The average Bonchev–Trinajstić information content (AvgIpc) is 3.08. The maximum atomic E-state index is 12.5. The van der Waals surface area contributed by atoms with Crippen molar-refractivity contribution in [3.8, 4) is 0 Å². The van der Waals surface area contributed by atoms with Gasteiger partial charge in [-0.05, 0) is 32.4 Å². The van der Waals surface area contributed by atoms with Gasteiger partial charge in [-0.3, -0.25) is 14.3 Å². The van der Waals surface area contributed by atoms with Crippen LogP contribution in [0.4, 0.5) is 5.69 Å². The van der Waals surface area contributed by atoms with Crippen LogP contribution in [0.2, 0.25) is 0 Å². The molecule has 2 heterocycles. The molecule has 27 heavy (non-hydrogen) atoms. The van der Waals surface area contributed by atoms with Crippen LogP contribution in [0.1, 0.15) is 39.8 Å². The first-order valence-electron chi connectivity index (χ1n) is 8.61. The highest BCUT2D eigenvalue weighted by atomic mass is 32.2. The lowest BCUT2D eigenvalue weighted by Gasteiger charge is -2.12. The number of nitrogens with two attached hydrogens (primary N) is 1. The lowest BCUT2D eigenvalue weighted by molar-refractivity contribution is -0.115. The molecule has 0 radical (unpaired) electrons. The van der Waals surface area contributed by atoms with Gasteiger partial charge in [-0.15, -0.1) is 0 Å². The van der Waals surface area contributed by atoms with Gasteiger partial charge in [0.25, 0.3) is 5.91 Å². The largest absolute Gasteiger partial charge is 0.366 e. The van der Waals surface area contributed by atoms with E-state index in [0.29, 0.717) is 17.8 Å². The molecule has 8 nitrogen and oxygen atoms in total. The number of primary amides is 1. The molecule has 1 saturated heterocycles. The van der Waals surface area contributed by atoms with E-state index in [1.165, 1.54) is 0 Å². The van der Waals surface area contributed by atoms with Crippen LogP contribution in [-0.4, -0.2) is 41.5 Å². The quantitative estimate of drug-likeness (QED) is 0.792. The maximum Gasteiger partial charge on any atom is 0.250 e. The van der Waals surface area contributed by atoms with Gasteiger partial charge in [-0.1, -0.05) is 12.1 Å². The lowest BCUT2D eigenvalue weighted by Crippen LogP contribution is -2.20. The second kappa shape index (κ2) is 7.15. The van der Waals surface area contributed by atoms with E-state index in [2.05, 4.69) is 10.4 Å². The highest BCUT2D eigenvalue weighted by Gasteiger charge is 2.31. The number of nitrogens with zero attached hydrogens (tertiary/aromatic N) is 2. The lowest BCUT2D eigenvalue weighted by atomic mass is 10.1. The van der Waals surface area contributed by atoms with Gasteiger partial charge in [-0.25, -0.2) is 8.42 Å². The number of carbonyl (C=O) groups excluding carboxylic acids is 2. The molecule has 1 fully saturated rings. The summed E-state index contributed by atoms with van der Waals surface area (Å²) >= 11 is 0. The van der Waals surface area contributed by atoms with Gasteiger partial charge in [0.2, 0.25) is 5.91 Å². The van der Waals surface area contributed by atoms with E-state index in [1.807, 2.05) is 6.92 Å². The number of anilines is 1. The second-order valence-corrected chi connectivity index (χ2v) is 9.01. The summed E-state index contributed by atoms with van der Waals surface area (Å²) in [6, 6.07) is 6.35. The highest BCUT2D eigenvalue weighted by molar-refractivity contribution is 7.91. The molecule has 2 aromatic rings. The standard InChI is InChI=1S/C18H22N4O4S/c1-11-15(12(2)22(21-11)13-7-8-27(25,26)10-13)9-17(23)20-16-6-4-3-5-14(16)18(19)24/h3-6,13H,7-10H2,1-2H3,(H2,19,24)(H,20,23)/t13-/m1/s1. The van der Waals surface area contributed by atoms with Crippen molar-refractivity contribution in [3.05, 3.63) is 46.8 Å². The molecular weight excluding hydrogens is 368 g/mol. The van der Waals surface area contributed by atoms with Crippen LogP contribution in [-0.2, 0) is 21.1 Å². The number of nitrogens with one attached hydrogen (secondary N) is 1. The van der Waals surface area contributed by atoms with E-state index in [-0.39, 0.29) is 35.4 Å². The van der Waals surface area contributed by atoms with Gasteiger partial charge in [0.05, 0.1) is 40.9 Å². The van der Waals surface area contributed by atoms with Crippen molar-refractivity contribution >= 4 is 27.3 Å². The molecular formula is C18H22N4O4S. The zero-order valence-corrected chi connectivity index (χ0v) is 16.0. The second-order valence-electron chi connectivity index (χ2n) is 6.79. The van der Waals surface area contributed by atoms with Crippen LogP contribution in [0.3, 0.4) is 0 Å². The van der Waals surface area contributed by atoms with E-state index in [1.54, 1.807) is 35.9 Å². The number of para-hydroxylation sites is 1. The number of sulfone groups is 1. The molecule has 1 aliphatic rings. The highest BCUT2D eigenvalue weighted by Crippen LogP contribution is 2.27. The van der Waals surface area contributed by atoms with Crippen molar-refractivity contribution in [2.45, 2.75) is 32.7 Å². The maximum absolute atomic E-state index is 12.5. The Morgan fingerprint density at radius 1 is 1.30 bits per heavy atom. The van der Waals surface area contributed by atoms with Crippen molar-refractivity contribution in [2.24, 2.45) is 5.73 Å². The predicted octanol–water partition coefficient (Wildman–Crippen LogP) is 1.14. The number of rotatable bonds is 5. The smallest absolute Gasteiger partial charge is 0.250 e. The SMILES string of the molecule is Cc1nn([C@@H]2CCS(=O)(=O)C2)c(C)c1CC(=O)Nc1ccccc1C(N)=O. The molecule has 1 aliphatic heterocycles. The minimum absolute atomic E-state index is 0.0736. The number of amides is 2. The molecule has 2 amide bonds. The van der Waals surface area contributed by atoms with Crippen LogP contribution in [0.5, 0.6) is 0 Å². The third-order valence-electron chi connectivity index (χ3n) is 4.83. The van der Waals surface area contributed by atoms with E-state index < -0.39 is 15.7 Å². The summed E-state index contributed by atoms with van der Waals surface area (Å²) in [6.07, 6.45) is 0.603. The van der Waals surface area contributed by atoms with Crippen LogP contribution in [0, 0.1) is 13.8 Å². The fraction of sp³-hybridized carbons (Fsp3) is 0.389. The van der Waals surface area contributed by atoms with Gasteiger partial charge < -0.3 is 11.1 Å². The zero-order valence-electron chi connectivity index (χ0n) is 15.2. The van der Waals surface area contributed by atoms with E-state index in [9.17, 15) is 18.0 Å². The molecule has 1 aromatic carbocycles. The van der Waals surface area contributed by atoms with Crippen LogP contribution in [0.15, 0.2) is 24.3 Å². The molecule has 9 heteroatoms. The van der Waals surface area contributed by atoms with Crippen molar-refractivity contribution in [1.82, 2.24) is 9.78 Å². The minimum Gasteiger partial charge on any atom is -0.366 e. The molecule has 3 rings (SSSR count). The normalized spacial score (nSPS) is 18.4. The molecule has 0 saturated carbocycles. The molecule has 0 spiro atoms. The first kappa shape index (κ1) is 19.1. The summed E-state index contributed by atoms with van der Waals surface area (Å²) in [4.78, 5) is 24.0. The Kier molecular flexibility index (Phi) is 5.05. The van der Waals surface area contributed by atoms with Gasteiger partial charge in [0, 0.05) is 11.3 Å². The Balaban J connectivity index is 1.79. The Morgan fingerprint density at radius 2 is 2.00 bits per heavy atom. The van der Waals surface area contributed by atoms with E-state index in [4.69, 9.17) is 5.73 Å². The van der Waals surface area contributed by atoms with E-state index >= 15 is 0 Å². The zero-order chi connectivity index (χ0) is 19.8. The fourth-order valence-electron chi connectivity index (χ4n) is 3.44. The number of hydrogen-bond donors (Lipinski definition) is 2. The van der Waals surface area contributed by atoms with Crippen LogP contribution in [0.25, 0.3) is 0 Å². The third-order valence-corrected chi connectivity index (χ3v) is 6.58.